The molecule has 150 valence electrons. The summed E-state index contributed by atoms with van der Waals surface area (Å²) in [7, 11) is -3.37. The van der Waals surface area contributed by atoms with Gasteiger partial charge in [-0.25, -0.2) is 22.2 Å². The second-order valence-corrected chi connectivity index (χ2v) is 9.74. The van der Waals surface area contributed by atoms with Gasteiger partial charge in [-0.2, -0.15) is 0 Å². The summed E-state index contributed by atoms with van der Waals surface area (Å²) in [6, 6.07) is 5.93. The summed E-state index contributed by atoms with van der Waals surface area (Å²) in [6.45, 7) is 1.55. The van der Waals surface area contributed by atoms with Crippen LogP contribution in [0.5, 0.6) is 0 Å². The maximum absolute atomic E-state index is 13.6. The monoisotopic (exact) mass is 426 g/mol. The molecule has 2 atom stereocenters. The summed E-state index contributed by atoms with van der Waals surface area (Å²) in [5.41, 5.74) is 0.712. The van der Waals surface area contributed by atoms with Crippen molar-refractivity contribution in [2.24, 2.45) is 5.92 Å². The lowest BCUT2D eigenvalue weighted by Gasteiger charge is -2.11. The molecule has 3 rings (SSSR count). The molecule has 0 radical (unpaired) electrons. The largest absolute Gasteiger partial charge is 0.298 e. The minimum atomic E-state index is -3.37. The fourth-order valence-corrected chi connectivity index (χ4v) is 4.51. The van der Waals surface area contributed by atoms with E-state index in [1.165, 1.54) is 35.6 Å². The summed E-state index contributed by atoms with van der Waals surface area (Å²) in [5, 5.41) is 4.78. The maximum Gasteiger partial charge on any atom is 0.257 e. The molecular weight excluding hydrogens is 406 g/mol. The zero-order valence-corrected chi connectivity index (χ0v) is 16.8. The molecule has 1 heterocycles. The minimum Gasteiger partial charge on any atom is -0.298 e. The fraction of sp³-hybridized carbons (Fsp3) is 0.368. The molecule has 1 aliphatic rings. The zero-order valence-electron chi connectivity index (χ0n) is 15.1. The number of nitrogens with one attached hydrogen (secondary N) is 1. The van der Waals surface area contributed by atoms with Crippen molar-refractivity contribution in [3.05, 3.63) is 47.5 Å². The molecule has 1 aromatic heterocycles. The third-order valence-electron chi connectivity index (χ3n) is 4.65. The number of rotatable bonds is 6. The first-order valence-electron chi connectivity index (χ1n) is 8.84. The number of carbonyl (C=O) groups is 1. The lowest BCUT2D eigenvalue weighted by Crippen LogP contribution is -2.15. The van der Waals surface area contributed by atoms with Gasteiger partial charge in [-0.05, 0) is 36.5 Å². The predicted molar refractivity (Wildman–Crippen MR) is 105 cm³/mol. The second-order valence-electron chi connectivity index (χ2n) is 6.56. The molecule has 28 heavy (non-hydrogen) atoms. The fourth-order valence-electron chi connectivity index (χ4n) is 3.10. The van der Waals surface area contributed by atoms with Gasteiger partial charge < -0.3 is 0 Å². The summed E-state index contributed by atoms with van der Waals surface area (Å²) in [6.07, 6.45) is 0.0584. The molecule has 0 spiro atoms. The first kappa shape index (κ1) is 20.6. The van der Waals surface area contributed by atoms with Crippen LogP contribution in [0.25, 0.3) is 5.57 Å². The summed E-state index contributed by atoms with van der Waals surface area (Å²) in [4.78, 5) is 16.9. The number of alkyl halides is 2. The molecule has 0 saturated heterocycles. The molecule has 9 heteroatoms. The number of benzene rings is 1. The molecule has 2 aromatic rings. The molecule has 2 unspecified atom stereocenters. The van der Waals surface area contributed by atoms with Gasteiger partial charge in [0.2, 0.25) is 0 Å². The Labute approximate surface area is 166 Å². The van der Waals surface area contributed by atoms with Gasteiger partial charge in [0.1, 0.15) is 12.3 Å². The number of sulfone groups is 1. The van der Waals surface area contributed by atoms with Crippen LogP contribution in [-0.4, -0.2) is 37.4 Å². The van der Waals surface area contributed by atoms with Crippen LogP contribution in [0, 0.1) is 5.92 Å². The molecule has 1 fully saturated rings. The highest BCUT2D eigenvalue weighted by molar-refractivity contribution is 7.91. The van der Waals surface area contributed by atoms with Gasteiger partial charge in [0.25, 0.3) is 5.91 Å². The van der Waals surface area contributed by atoms with Gasteiger partial charge in [-0.1, -0.05) is 25.1 Å². The van der Waals surface area contributed by atoms with E-state index >= 15 is 0 Å². The summed E-state index contributed by atoms with van der Waals surface area (Å²) < 4.78 is 51.1. The van der Waals surface area contributed by atoms with E-state index in [0.29, 0.717) is 10.7 Å². The second kappa shape index (κ2) is 8.48. The topological polar surface area (TPSA) is 76.1 Å². The van der Waals surface area contributed by atoms with Gasteiger partial charge in [0, 0.05) is 17.2 Å². The molecule has 0 aliphatic heterocycles. The number of allylic oxidation sites excluding steroid dienone is 1. The Morgan fingerprint density at radius 3 is 2.43 bits per heavy atom. The van der Waals surface area contributed by atoms with Crippen molar-refractivity contribution < 1.29 is 22.0 Å². The van der Waals surface area contributed by atoms with Crippen molar-refractivity contribution >= 4 is 37.8 Å². The van der Waals surface area contributed by atoms with Gasteiger partial charge in [0.05, 0.1) is 10.6 Å². The Morgan fingerprint density at radius 2 is 1.89 bits per heavy atom. The van der Waals surface area contributed by atoms with Crippen molar-refractivity contribution in [2.45, 2.75) is 37.0 Å². The van der Waals surface area contributed by atoms with Crippen LogP contribution >= 0.6 is 11.3 Å². The normalized spacial score (nSPS) is 23.0. The molecule has 1 aliphatic carbocycles. The molecule has 1 amide bonds. The number of halogens is 2. The van der Waals surface area contributed by atoms with Crippen LogP contribution in [0.1, 0.15) is 25.3 Å². The average molecular weight is 427 g/mol. The maximum atomic E-state index is 13.6. The third-order valence-corrected chi connectivity index (χ3v) is 7.09. The van der Waals surface area contributed by atoms with E-state index < -0.39 is 34.0 Å². The number of nitrogens with zero attached hydrogens (tertiary/aromatic N) is 1. The quantitative estimate of drug-likeness (QED) is 0.707. The Balaban J connectivity index is 1.92. The van der Waals surface area contributed by atoms with Crippen LogP contribution in [-0.2, 0) is 14.6 Å². The minimum absolute atomic E-state index is 0.0114. The zero-order chi connectivity index (χ0) is 20.3. The molecule has 1 N–H and O–H groups in total. The number of aromatic nitrogens is 1. The first-order chi connectivity index (χ1) is 13.3. The summed E-state index contributed by atoms with van der Waals surface area (Å²) in [5.74, 6) is -0.905. The van der Waals surface area contributed by atoms with Crippen molar-refractivity contribution in [1.29, 1.82) is 0 Å². The van der Waals surface area contributed by atoms with Crippen molar-refractivity contribution in [3.63, 3.8) is 0 Å². The Hall–Kier alpha value is -2.13. The highest BCUT2D eigenvalue weighted by Crippen LogP contribution is 2.34. The molecule has 5 nitrogen and oxygen atoms in total. The van der Waals surface area contributed by atoms with Gasteiger partial charge >= 0.3 is 0 Å². The van der Waals surface area contributed by atoms with E-state index in [2.05, 4.69) is 10.3 Å². The third kappa shape index (κ3) is 4.64. The Bertz CT molecular complexity index is 948. The number of thiazole rings is 1. The Kier molecular flexibility index (Phi) is 6.24. The van der Waals surface area contributed by atoms with E-state index in [-0.39, 0.29) is 29.1 Å². The van der Waals surface area contributed by atoms with Crippen LogP contribution < -0.4 is 5.32 Å². The highest BCUT2D eigenvalue weighted by Gasteiger charge is 2.34. The van der Waals surface area contributed by atoms with E-state index in [0.717, 1.165) is 0 Å². The Morgan fingerprint density at radius 1 is 1.25 bits per heavy atom. The van der Waals surface area contributed by atoms with Crippen LogP contribution in [0.15, 0.2) is 46.8 Å². The van der Waals surface area contributed by atoms with Crippen molar-refractivity contribution in [2.75, 3.05) is 11.1 Å². The molecular formula is C19H20F2N2O3S2. The smallest absolute Gasteiger partial charge is 0.257 e. The summed E-state index contributed by atoms with van der Waals surface area (Å²) >= 11 is 1.25. The number of hydrogen-bond acceptors (Lipinski definition) is 5. The molecule has 0 bridgehead atoms. The number of amides is 1. The van der Waals surface area contributed by atoms with Crippen molar-refractivity contribution in [1.82, 2.24) is 4.98 Å². The van der Waals surface area contributed by atoms with Crippen LogP contribution in [0.3, 0.4) is 0 Å². The van der Waals surface area contributed by atoms with E-state index in [1.54, 1.807) is 24.6 Å². The lowest BCUT2D eigenvalue weighted by molar-refractivity contribution is -0.111. The number of anilines is 1. The van der Waals surface area contributed by atoms with Crippen molar-refractivity contribution in [3.8, 4) is 0 Å². The van der Waals surface area contributed by atoms with Gasteiger partial charge in [-0.3, -0.25) is 10.1 Å². The average Bonchev–Trinajstić information content (AvgIpc) is 3.29. The van der Waals surface area contributed by atoms with Gasteiger partial charge in [0.15, 0.2) is 15.0 Å². The first-order valence-corrected chi connectivity index (χ1v) is 11.4. The highest BCUT2D eigenvalue weighted by atomic mass is 32.2. The standard InChI is InChI=1S/C19H20F2N2O3S2/c1-2-28(25,26)14-5-3-13(4-6-14)15(9-12-10-16(20)17(21)11-12)18(24)23-19-22-7-8-27-19/h3-9,12,16-17H,2,10-11H2,1H3,(H,22,23,24)/b15-9+. The lowest BCUT2D eigenvalue weighted by atomic mass is 9.98. The molecule has 1 aromatic carbocycles. The van der Waals surface area contributed by atoms with E-state index in [4.69, 9.17) is 0 Å². The van der Waals surface area contributed by atoms with Crippen LogP contribution in [0.2, 0.25) is 0 Å². The number of carbonyl (C=O) groups excluding carboxylic acids is 1. The SMILES string of the molecule is CCS(=O)(=O)c1ccc(/C(=C\C2CC(F)C(F)C2)C(=O)Nc2nccs2)cc1. The van der Waals surface area contributed by atoms with E-state index in [9.17, 15) is 22.0 Å². The van der Waals surface area contributed by atoms with E-state index in [1.807, 2.05) is 0 Å². The predicted octanol–water partition coefficient (Wildman–Crippen LogP) is 4.05. The molecule has 1 saturated carbocycles. The van der Waals surface area contributed by atoms with Crippen LogP contribution in [0.4, 0.5) is 13.9 Å². The van der Waals surface area contributed by atoms with Gasteiger partial charge in [-0.15, -0.1) is 11.3 Å². The number of hydrogen-bond donors (Lipinski definition) is 1.